The molecule has 2 aliphatic rings. The molecule has 0 unspecified atom stereocenters. The summed E-state index contributed by atoms with van der Waals surface area (Å²) in [5.74, 6) is 0.108. The molecule has 2 heterocycles. The van der Waals surface area contributed by atoms with Gasteiger partial charge in [-0.1, -0.05) is 6.42 Å². The van der Waals surface area contributed by atoms with Crippen LogP contribution in [0.5, 0.6) is 0 Å². The number of hydrogen-bond acceptors (Lipinski definition) is 4. The van der Waals surface area contributed by atoms with E-state index in [-0.39, 0.29) is 11.9 Å². The van der Waals surface area contributed by atoms with Gasteiger partial charge in [0.25, 0.3) is 5.91 Å². The van der Waals surface area contributed by atoms with Crippen LogP contribution in [0, 0.1) is 0 Å². The van der Waals surface area contributed by atoms with Gasteiger partial charge in [-0.3, -0.25) is 10.2 Å². The maximum absolute atomic E-state index is 11.8. The lowest BCUT2D eigenvalue weighted by molar-refractivity contribution is -0.130. The smallest absolute Gasteiger partial charge is 0.251 e. The number of morpholine rings is 1. The number of carbonyl (C=O) groups excluding carboxylic acids is 1. The van der Waals surface area contributed by atoms with Crippen LogP contribution in [0.25, 0.3) is 0 Å². The third kappa shape index (κ3) is 3.15. The molecule has 0 aromatic heterocycles. The van der Waals surface area contributed by atoms with Gasteiger partial charge in [0, 0.05) is 13.1 Å². The number of hydrazine groups is 1. The molecule has 0 radical (unpaired) electrons. The van der Waals surface area contributed by atoms with E-state index >= 15 is 0 Å². The van der Waals surface area contributed by atoms with Crippen molar-refractivity contribution in [1.29, 1.82) is 0 Å². The van der Waals surface area contributed by atoms with E-state index in [9.17, 15) is 4.79 Å². The third-order valence-corrected chi connectivity index (χ3v) is 2.91. The van der Waals surface area contributed by atoms with Crippen LogP contribution in [0.15, 0.2) is 0 Å². The normalized spacial score (nSPS) is 28.7. The van der Waals surface area contributed by atoms with Crippen LogP contribution >= 0.6 is 0 Å². The summed E-state index contributed by atoms with van der Waals surface area (Å²) in [6, 6.07) is 0.00148. The maximum Gasteiger partial charge on any atom is 0.251 e. The Hall–Kier alpha value is -0.650. The van der Waals surface area contributed by atoms with Crippen LogP contribution in [0.4, 0.5) is 0 Å². The van der Waals surface area contributed by atoms with Crippen molar-refractivity contribution < 1.29 is 9.53 Å². The van der Waals surface area contributed by atoms with E-state index in [1.54, 1.807) is 0 Å². The molecule has 15 heavy (non-hydrogen) atoms. The van der Waals surface area contributed by atoms with Crippen LogP contribution in [0.3, 0.4) is 0 Å². The van der Waals surface area contributed by atoms with Gasteiger partial charge in [0.05, 0.1) is 19.3 Å². The summed E-state index contributed by atoms with van der Waals surface area (Å²) < 4.78 is 5.22. The summed E-state index contributed by atoms with van der Waals surface area (Å²) >= 11 is 0. The standard InChI is InChI=1S/C10H19N3O2/c14-10(9-3-1-2-4-11-9)12-13-5-7-15-8-6-13/h9,11H,1-8H2,(H,12,14)/t9-/m1/s1. The minimum absolute atomic E-state index is 0.00148. The molecule has 2 aliphatic heterocycles. The molecule has 2 N–H and O–H groups in total. The predicted octanol–water partition coefficient (Wildman–Crippen LogP) is -0.508. The van der Waals surface area contributed by atoms with E-state index in [0.29, 0.717) is 13.2 Å². The van der Waals surface area contributed by atoms with Crippen molar-refractivity contribution in [3.63, 3.8) is 0 Å². The molecule has 1 atom stereocenters. The zero-order chi connectivity index (χ0) is 10.5. The number of nitrogens with one attached hydrogen (secondary N) is 2. The van der Waals surface area contributed by atoms with Crippen molar-refractivity contribution in [2.45, 2.75) is 25.3 Å². The molecular formula is C10H19N3O2. The van der Waals surface area contributed by atoms with Crippen molar-refractivity contribution in [3.05, 3.63) is 0 Å². The SMILES string of the molecule is O=C(NN1CCOCC1)[C@H]1CCCCN1. The monoisotopic (exact) mass is 213 g/mol. The second-order valence-electron chi connectivity index (χ2n) is 4.08. The quantitative estimate of drug-likeness (QED) is 0.649. The fourth-order valence-electron chi connectivity index (χ4n) is 1.98. The van der Waals surface area contributed by atoms with Gasteiger partial charge in [-0.05, 0) is 19.4 Å². The number of ether oxygens (including phenoxy) is 1. The summed E-state index contributed by atoms with van der Waals surface area (Å²) in [6.07, 6.45) is 3.28. The zero-order valence-electron chi connectivity index (χ0n) is 9.00. The van der Waals surface area contributed by atoms with E-state index in [2.05, 4.69) is 10.7 Å². The summed E-state index contributed by atoms with van der Waals surface area (Å²) in [5.41, 5.74) is 2.94. The van der Waals surface area contributed by atoms with E-state index in [1.165, 1.54) is 6.42 Å². The first-order valence-electron chi connectivity index (χ1n) is 5.73. The molecule has 1 amide bonds. The van der Waals surface area contributed by atoms with E-state index in [0.717, 1.165) is 32.5 Å². The molecule has 0 saturated carbocycles. The first-order valence-corrected chi connectivity index (χ1v) is 5.73. The van der Waals surface area contributed by atoms with Crippen molar-refractivity contribution in [2.24, 2.45) is 0 Å². The van der Waals surface area contributed by atoms with Crippen molar-refractivity contribution >= 4 is 5.91 Å². The Morgan fingerprint density at radius 3 is 2.80 bits per heavy atom. The summed E-state index contributed by atoms with van der Waals surface area (Å²) in [4.78, 5) is 11.8. The fraction of sp³-hybridized carbons (Fsp3) is 0.900. The second-order valence-corrected chi connectivity index (χ2v) is 4.08. The van der Waals surface area contributed by atoms with Crippen LogP contribution in [0.1, 0.15) is 19.3 Å². The topological polar surface area (TPSA) is 53.6 Å². The zero-order valence-corrected chi connectivity index (χ0v) is 9.00. The van der Waals surface area contributed by atoms with Gasteiger partial charge in [0.15, 0.2) is 0 Å². The molecule has 5 nitrogen and oxygen atoms in total. The largest absolute Gasteiger partial charge is 0.379 e. The van der Waals surface area contributed by atoms with Gasteiger partial charge in [0.1, 0.15) is 0 Å². The average molecular weight is 213 g/mol. The highest BCUT2D eigenvalue weighted by atomic mass is 16.5. The Balaban J connectivity index is 1.74. The van der Waals surface area contributed by atoms with Gasteiger partial charge in [-0.25, -0.2) is 5.01 Å². The van der Waals surface area contributed by atoms with Crippen molar-refractivity contribution in [2.75, 3.05) is 32.8 Å². The molecule has 86 valence electrons. The van der Waals surface area contributed by atoms with Crippen LogP contribution in [0.2, 0.25) is 0 Å². The Labute approximate surface area is 90.1 Å². The Bertz CT molecular complexity index is 211. The van der Waals surface area contributed by atoms with E-state index in [1.807, 2.05) is 5.01 Å². The molecule has 0 aliphatic carbocycles. The molecule has 2 saturated heterocycles. The highest BCUT2D eigenvalue weighted by molar-refractivity contribution is 5.81. The number of amides is 1. The molecular weight excluding hydrogens is 194 g/mol. The summed E-state index contributed by atoms with van der Waals surface area (Å²) in [5, 5.41) is 5.19. The Morgan fingerprint density at radius 2 is 2.13 bits per heavy atom. The Morgan fingerprint density at radius 1 is 1.33 bits per heavy atom. The first-order chi connectivity index (χ1) is 7.36. The number of nitrogens with zero attached hydrogens (tertiary/aromatic N) is 1. The number of rotatable bonds is 2. The lowest BCUT2D eigenvalue weighted by Gasteiger charge is -2.30. The minimum Gasteiger partial charge on any atom is -0.379 e. The number of carbonyl (C=O) groups is 1. The molecule has 0 spiro atoms. The molecule has 5 heteroatoms. The summed E-state index contributed by atoms with van der Waals surface area (Å²) in [6.45, 7) is 3.95. The van der Waals surface area contributed by atoms with E-state index in [4.69, 9.17) is 4.74 Å². The molecule has 0 aromatic rings. The second kappa shape index (κ2) is 5.44. The Kier molecular flexibility index (Phi) is 3.94. The number of piperidine rings is 1. The lowest BCUT2D eigenvalue weighted by Crippen LogP contribution is -2.55. The molecule has 2 fully saturated rings. The molecule has 0 aromatic carbocycles. The van der Waals surface area contributed by atoms with Crippen LogP contribution in [-0.2, 0) is 9.53 Å². The fourth-order valence-corrected chi connectivity index (χ4v) is 1.98. The van der Waals surface area contributed by atoms with Gasteiger partial charge in [-0.2, -0.15) is 0 Å². The predicted molar refractivity (Wildman–Crippen MR) is 56.2 cm³/mol. The highest BCUT2D eigenvalue weighted by Gasteiger charge is 2.22. The lowest BCUT2D eigenvalue weighted by atomic mass is 10.0. The van der Waals surface area contributed by atoms with Gasteiger partial charge >= 0.3 is 0 Å². The number of hydrogen-bond donors (Lipinski definition) is 2. The minimum atomic E-state index is 0.00148. The van der Waals surface area contributed by atoms with Crippen LogP contribution < -0.4 is 10.7 Å². The van der Waals surface area contributed by atoms with Crippen molar-refractivity contribution in [3.8, 4) is 0 Å². The molecule has 0 bridgehead atoms. The van der Waals surface area contributed by atoms with Gasteiger partial charge in [-0.15, -0.1) is 0 Å². The van der Waals surface area contributed by atoms with Crippen LogP contribution in [-0.4, -0.2) is 49.8 Å². The molecule has 2 rings (SSSR count). The summed E-state index contributed by atoms with van der Waals surface area (Å²) in [7, 11) is 0. The third-order valence-electron chi connectivity index (χ3n) is 2.91. The average Bonchev–Trinajstić information content (AvgIpc) is 2.31. The van der Waals surface area contributed by atoms with Gasteiger partial charge in [0.2, 0.25) is 0 Å². The highest BCUT2D eigenvalue weighted by Crippen LogP contribution is 2.07. The van der Waals surface area contributed by atoms with Gasteiger partial charge < -0.3 is 10.1 Å². The maximum atomic E-state index is 11.8. The first kappa shape index (κ1) is 10.9. The van der Waals surface area contributed by atoms with E-state index < -0.39 is 0 Å². The van der Waals surface area contributed by atoms with Crippen molar-refractivity contribution in [1.82, 2.24) is 15.8 Å².